The molecule has 0 N–H and O–H groups in total. The average molecular weight is 205 g/mol. The van der Waals surface area contributed by atoms with Crippen LogP contribution in [0.15, 0.2) is 22.6 Å². The smallest absolute Gasteiger partial charge is 0.197 e. The molecule has 0 amide bonds. The van der Waals surface area contributed by atoms with Gasteiger partial charge >= 0.3 is 0 Å². The van der Waals surface area contributed by atoms with Crippen LogP contribution in [-0.4, -0.2) is 18.7 Å². The maximum absolute atomic E-state index is 5.70. The van der Waals surface area contributed by atoms with Crippen molar-refractivity contribution in [2.24, 2.45) is 0 Å². The van der Waals surface area contributed by atoms with Crippen molar-refractivity contribution >= 4 is 11.1 Å². The molecule has 3 nitrogen and oxygen atoms in total. The number of nitrogens with zero attached hydrogens (tertiary/aromatic N) is 1. The van der Waals surface area contributed by atoms with Gasteiger partial charge < -0.3 is 9.15 Å². The molecule has 0 saturated heterocycles. The fraction of sp³-hybridized carbons (Fsp3) is 0.417. The van der Waals surface area contributed by atoms with E-state index in [1.54, 1.807) is 7.11 Å². The summed E-state index contributed by atoms with van der Waals surface area (Å²) >= 11 is 0. The lowest BCUT2D eigenvalue weighted by molar-refractivity contribution is 0.196. The lowest BCUT2D eigenvalue weighted by Crippen LogP contribution is -1.93. The first kappa shape index (κ1) is 10.2. The predicted molar refractivity (Wildman–Crippen MR) is 59.0 cm³/mol. The van der Waals surface area contributed by atoms with E-state index in [0.717, 1.165) is 29.8 Å². The molecule has 2 rings (SSSR count). The Balaban J connectivity index is 2.37. The molecule has 0 radical (unpaired) electrons. The normalized spacial score (nSPS) is 11.1. The summed E-state index contributed by atoms with van der Waals surface area (Å²) in [6.45, 7) is 2.76. The molecule has 0 saturated carbocycles. The number of hydrogen-bond acceptors (Lipinski definition) is 3. The van der Waals surface area contributed by atoms with E-state index in [9.17, 15) is 0 Å². The summed E-state index contributed by atoms with van der Waals surface area (Å²) in [7, 11) is 1.68. The van der Waals surface area contributed by atoms with Crippen molar-refractivity contribution in [3.63, 3.8) is 0 Å². The van der Waals surface area contributed by atoms with Crippen LogP contribution in [0, 0.1) is 0 Å². The lowest BCUT2D eigenvalue weighted by Gasteiger charge is -1.95. The molecule has 0 aliphatic carbocycles. The Hall–Kier alpha value is -1.35. The van der Waals surface area contributed by atoms with E-state index in [1.807, 2.05) is 12.1 Å². The van der Waals surface area contributed by atoms with Gasteiger partial charge in [-0.25, -0.2) is 4.98 Å². The zero-order chi connectivity index (χ0) is 10.7. The van der Waals surface area contributed by atoms with E-state index in [-0.39, 0.29) is 0 Å². The first-order chi connectivity index (χ1) is 7.35. The molecule has 1 aromatic heterocycles. The third-order valence-electron chi connectivity index (χ3n) is 2.44. The number of aryl methyl sites for hydroxylation is 1. The molecule has 80 valence electrons. The quantitative estimate of drug-likeness (QED) is 0.769. The third-order valence-corrected chi connectivity index (χ3v) is 2.44. The van der Waals surface area contributed by atoms with Gasteiger partial charge in [-0.3, -0.25) is 0 Å². The summed E-state index contributed by atoms with van der Waals surface area (Å²) in [5.41, 5.74) is 3.08. The molecule has 1 heterocycles. The number of para-hydroxylation sites is 1. The van der Waals surface area contributed by atoms with Crippen LogP contribution in [0.1, 0.15) is 18.4 Å². The minimum Gasteiger partial charge on any atom is -0.440 e. The Morgan fingerprint density at radius 2 is 2.27 bits per heavy atom. The van der Waals surface area contributed by atoms with E-state index in [0.29, 0.717) is 6.61 Å². The van der Waals surface area contributed by atoms with Crippen LogP contribution in [-0.2, 0) is 17.6 Å². The largest absolute Gasteiger partial charge is 0.440 e. The molecule has 3 heteroatoms. The Morgan fingerprint density at radius 3 is 3.00 bits per heavy atom. The van der Waals surface area contributed by atoms with Crippen LogP contribution in [0.2, 0.25) is 0 Å². The van der Waals surface area contributed by atoms with Crippen molar-refractivity contribution in [2.45, 2.75) is 19.8 Å². The SMILES string of the molecule is CCc1cccc2nc(CCOC)oc12. The van der Waals surface area contributed by atoms with Crippen LogP contribution in [0.4, 0.5) is 0 Å². The number of benzene rings is 1. The van der Waals surface area contributed by atoms with Crippen LogP contribution >= 0.6 is 0 Å². The van der Waals surface area contributed by atoms with Crippen LogP contribution in [0.5, 0.6) is 0 Å². The fourth-order valence-electron chi connectivity index (χ4n) is 1.63. The lowest BCUT2D eigenvalue weighted by atomic mass is 10.1. The molecule has 0 fully saturated rings. The van der Waals surface area contributed by atoms with Crippen molar-refractivity contribution in [1.82, 2.24) is 4.98 Å². The summed E-state index contributed by atoms with van der Waals surface area (Å²) in [5, 5.41) is 0. The van der Waals surface area contributed by atoms with Crippen molar-refractivity contribution in [3.8, 4) is 0 Å². The van der Waals surface area contributed by atoms with Crippen LogP contribution in [0.25, 0.3) is 11.1 Å². The monoisotopic (exact) mass is 205 g/mol. The summed E-state index contributed by atoms with van der Waals surface area (Å²) in [6.07, 6.45) is 1.70. The van der Waals surface area contributed by atoms with Gasteiger partial charge in [-0.15, -0.1) is 0 Å². The van der Waals surface area contributed by atoms with Crippen LogP contribution in [0.3, 0.4) is 0 Å². The summed E-state index contributed by atoms with van der Waals surface area (Å²) in [6, 6.07) is 6.08. The molecular formula is C12H15NO2. The van der Waals surface area contributed by atoms with Gasteiger partial charge in [0.15, 0.2) is 11.5 Å². The maximum atomic E-state index is 5.70. The first-order valence-corrected chi connectivity index (χ1v) is 5.21. The maximum Gasteiger partial charge on any atom is 0.197 e. The average Bonchev–Trinajstić information content (AvgIpc) is 2.68. The van der Waals surface area contributed by atoms with Gasteiger partial charge in [-0.05, 0) is 18.1 Å². The van der Waals surface area contributed by atoms with Gasteiger partial charge in [0.1, 0.15) is 5.52 Å². The Labute approximate surface area is 89.1 Å². The van der Waals surface area contributed by atoms with E-state index < -0.39 is 0 Å². The first-order valence-electron chi connectivity index (χ1n) is 5.21. The topological polar surface area (TPSA) is 35.3 Å². The van der Waals surface area contributed by atoms with E-state index in [2.05, 4.69) is 18.0 Å². The second kappa shape index (κ2) is 4.45. The zero-order valence-electron chi connectivity index (χ0n) is 9.12. The molecule has 0 bridgehead atoms. The number of methoxy groups -OCH3 is 1. The summed E-state index contributed by atoms with van der Waals surface area (Å²) < 4.78 is 10.7. The highest BCUT2D eigenvalue weighted by molar-refractivity contribution is 5.76. The van der Waals surface area contributed by atoms with Gasteiger partial charge in [-0.2, -0.15) is 0 Å². The van der Waals surface area contributed by atoms with Gasteiger partial charge in [0.05, 0.1) is 6.61 Å². The number of oxazole rings is 1. The van der Waals surface area contributed by atoms with Gasteiger partial charge in [0, 0.05) is 13.5 Å². The fourth-order valence-corrected chi connectivity index (χ4v) is 1.63. The molecule has 15 heavy (non-hydrogen) atoms. The Bertz CT molecular complexity index is 448. The van der Waals surface area contributed by atoms with Crippen molar-refractivity contribution in [3.05, 3.63) is 29.7 Å². The predicted octanol–water partition coefficient (Wildman–Crippen LogP) is 2.58. The van der Waals surface area contributed by atoms with E-state index in [1.165, 1.54) is 5.56 Å². The van der Waals surface area contributed by atoms with Crippen molar-refractivity contribution in [1.29, 1.82) is 0 Å². The van der Waals surface area contributed by atoms with Crippen molar-refractivity contribution < 1.29 is 9.15 Å². The van der Waals surface area contributed by atoms with Crippen LogP contribution < -0.4 is 0 Å². The minimum atomic E-state index is 0.647. The van der Waals surface area contributed by atoms with E-state index in [4.69, 9.17) is 9.15 Å². The summed E-state index contributed by atoms with van der Waals surface area (Å²) in [4.78, 5) is 4.41. The highest BCUT2D eigenvalue weighted by Gasteiger charge is 2.07. The molecule has 1 aromatic carbocycles. The number of fused-ring (bicyclic) bond motifs is 1. The number of hydrogen-bond donors (Lipinski definition) is 0. The number of aromatic nitrogens is 1. The second-order valence-electron chi connectivity index (χ2n) is 3.47. The number of rotatable bonds is 4. The van der Waals surface area contributed by atoms with Crippen molar-refractivity contribution in [2.75, 3.05) is 13.7 Å². The zero-order valence-corrected chi connectivity index (χ0v) is 9.12. The molecule has 0 spiro atoms. The van der Waals surface area contributed by atoms with Gasteiger partial charge in [0.25, 0.3) is 0 Å². The molecule has 0 aliphatic rings. The second-order valence-corrected chi connectivity index (χ2v) is 3.47. The molecule has 0 aliphatic heterocycles. The number of ether oxygens (including phenoxy) is 1. The molecular weight excluding hydrogens is 190 g/mol. The van der Waals surface area contributed by atoms with Gasteiger partial charge in [0.2, 0.25) is 0 Å². The summed E-state index contributed by atoms with van der Waals surface area (Å²) in [5.74, 6) is 0.757. The minimum absolute atomic E-state index is 0.647. The standard InChI is InChI=1S/C12H15NO2/c1-3-9-5-4-6-10-12(9)15-11(13-10)7-8-14-2/h4-6H,3,7-8H2,1-2H3. The Morgan fingerprint density at radius 1 is 1.40 bits per heavy atom. The third kappa shape index (κ3) is 2.02. The molecule has 2 aromatic rings. The van der Waals surface area contributed by atoms with E-state index >= 15 is 0 Å². The molecule has 0 unspecified atom stereocenters. The van der Waals surface area contributed by atoms with Gasteiger partial charge in [-0.1, -0.05) is 19.1 Å². The highest BCUT2D eigenvalue weighted by Crippen LogP contribution is 2.20. The highest BCUT2D eigenvalue weighted by atomic mass is 16.5. The molecule has 0 atom stereocenters. The Kier molecular flexibility index (Phi) is 3.02.